The van der Waals surface area contributed by atoms with Crippen LogP contribution in [0, 0.1) is 0 Å². The van der Waals surface area contributed by atoms with Gasteiger partial charge in [-0.2, -0.15) is 5.10 Å². The summed E-state index contributed by atoms with van der Waals surface area (Å²) >= 11 is 0. The molecule has 2 aromatic rings. The fourth-order valence-electron chi connectivity index (χ4n) is 2.83. The van der Waals surface area contributed by atoms with E-state index in [1.165, 1.54) is 11.9 Å². The van der Waals surface area contributed by atoms with Crippen LogP contribution in [0.3, 0.4) is 0 Å². The first-order chi connectivity index (χ1) is 11.1. The second-order valence-corrected chi connectivity index (χ2v) is 5.49. The molecule has 1 unspecified atom stereocenters. The maximum Gasteiger partial charge on any atom is 0.240 e. The van der Waals surface area contributed by atoms with Crippen molar-refractivity contribution in [2.75, 3.05) is 12.8 Å². The molecule has 0 radical (unpaired) electrons. The highest BCUT2D eigenvalue weighted by molar-refractivity contribution is 6.03. The van der Waals surface area contributed by atoms with Crippen LogP contribution in [0.5, 0.6) is 5.75 Å². The van der Waals surface area contributed by atoms with Gasteiger partial charge in [0.1, 0.15) is 5.75 Å². The standard InChI is InChI=1S/C18H19N3O2/c1-12(22)21-17(15-5-3-4-6-18(15)23-2)11-16(20-21)13-7-9-14(19)10-8-13/h3-10,17H,11,19H2,1-2H3. The Balaban J connectivity index is 1.97. The predicted octanol–water partition coefficient (Wildman–Crippen LogP) is 2.98. The SMILES string of the molecule is COc1ccccc1C1CC(c2ccc(N)cc2)=NN1C(C)=O. The number of carbonyl (C=O) groups is 1. The monoisotopic (exact) mass is 309 g/mol. The number of nitrogen functional groups attached to an aromatic ring is 1. The lowest BCUT2D eigenvalue weighted by Gasteiger charge is -2.22. The largest absolute Gasteiger partial charge is 0.496 e. The van der Waals surface area contributed by atoms with Crippen LogP contribution in [0.4, 0.5) is 5.69 Å². The zero-order chi connectivity index (χ0) is 16.4. The van der Waals surface area contributed by atoms with Gasteiger partial charge in [0.15, 0.2) is 0 Å². The van der Waals surface area contributed by atoms with Gasteiger partial charge in [0.05, 0.1) is 18.9 Å². The molecule has 1 atom stereocenters. The topological polar surface area (TPSA) is 67.9 Å². The lowest BCUT2D eigenvalue weighted by Crippen LogP contribution is -2.24. The van der Waals surface area contributed by atoms with Crippen molar-refractivity contribution in [1.82, 2.24) is 5.01 Å². The third-order valence-corrected chi connectivity index (χ3v) is 3.97. The molecular weight excluding hydrogens is 290 g/mol. The molecule has 0 bridgehead atoms. The number of hydrogen-bond acceptors (Lipinski definition) is 4. The van der Waals surface area contributed by atoms with E-state index in [1.54, 1.807) is 7.11 Å². The number of carbonyl (C=O) groups excluding carboxylic acids is 1. The first-order valence-electron chi connectivity index (χ1n) is 7.46. The zero-order valence-corrected chi connectivity index (χ0v) is 13.2. The van der Waals surface area contributed by atoms with Gasteiger partial charge in [0, 0.05) is 24.6 Å². The summed E-state index contributed by atoms with van der Waals surface area (Å²) in [4.78, 5) is 12.0. The van der Waals surface area contributed by atoms with Crippen LogP contribution >= 0.6 is 0 Å². The zero-order valence-electron chi connectivity index (χ0n) is 13.2. The van der Waals surface area contributed by atoms with Gasteiger partial charge in [-0.25, -0.2) is 5.01 Å². The maximum absolute atomic E-state index is 12.0. The Bertz CT molecular complexity index is 753. The number of hydrogen-bond donors (Lipinski definition) is 1. The van der Waals surface area contributed by atoms with Crippen LogP contribution in [0.2, 0.25) is 0 Å². The van der Waals surface area contributed by atoms with Crippen molar-refractivity contribution in [3.63, 3.8) is 0 Å². The fraction of sp³-hybridized carbons (Fsp3) is 0.222. The number of nitrogens with two attached hydrogens (primary N) is 1. The molecule has 1 aliphatic heterocycles. The average molecular weight is 309 g/mol. The van der Waals surface area contributed by atoms with Crippen LogP contribution < -0.4 is 10.5 Å². The summed E-state index contributed by atoms with van der Waals surface area (Å²) in [6.45, 7) is 1.53. The maximum atomic E-state index is 12.0. The minimum absolute atomic E-state index is 0.0913. The van der Waals surface area contributed by atoms with Gasteiger partial charge in [0.25, 0.3) is 0 Å². The van der Waals surface area contributed by atoms with E-state index in [9.17, 15) is 4.79 Å². The highest BCUT2D eigenvalue weighted by atomic mass is 16.5. The van der Waals surface area contributed by atoms with E-state index < -0.39 is 0 Å². The van der Waals surface area contributed by atoms with E-state index >= 15 is 0 Å². The quantitative estimate of drug-likeness (QED) is 0.886. The number of nitrogens with zero attached hydrogens (tertiary/aromatic N) is 2. The summed E-state index contributed by atoms with van der Waals surface area (Å²) in [5.74, 6) is 0.670. The summed E-state index contributed by atoms with van der Waals surface area (Å²) in [6, 6.07) is 15.1. The van der Waals surface area contributed by atoms with Crippen LogP contribution in [0.15, 0.2) is 53.6 Å². The van der Waals surface area contributed by atoms with Gasteiger partial charge >= 0.3 is 0 Å². The minimum Gasteiger partial charge on any atom is -0.496 e. The molecule has 0 fully saturated rings. The molecule has 5 heteroatoms. The van der Waals surface area contributed by atoms with Crippen molar-refractivity contribution in [1.29, 1.82) is 0 Å². The lowest BCUT2D eigenvalue weighted by molar-refractivity contribution is -0.130. The normalized spacial score (nSPS) is 17.0. The van der Waals surface area contributed by atoms with Crippen LogP contribution in [0.25, 0.3) is 0 Å². The van der Waals surface area contributed by atoms with Crippen molar-refractivity contribution >= 4 is 17.3 Å². The third-order valence-electron chi connectivity index (χ3n) is 3.97. The number of rotatable bonds is 3. The highest BCUT2D eigenvalue weighted by Crippen LogP contribution is 2.37. The smallest absolute Gasteiger partial charge is 0.240 e. The molecule has 1 aliphatic rings. The van der Waals surface area contributed by atoms with E-state index in [0.717, 1.165) is 22.6 Å². The first kappa shape index (κ1) is 15.1. The molecule has 1 heterocycles. The Labute approximate surface area is 135 Å². The number of amides is 1. The second-order valence-electron chi connectivity index (χ2n) is 5.49. The van der Waals surface area contributed by atoms with Gasteiger partial charge < -0.3 is 10.5 Å². The summed E-state index contributed by atoms with van der Waals surface area (Å²) in [5, 5.41) is 6.06. The molecular formula is C18H19N3O2. The molecule has 2 N–H and O–H groups in total. The summed E-state index contributed by atoms with van der Waals surface area (Å²) in [5.41, 5.74) is 9.25. The van der Waals surface area contributed by atoms with Gasteiger partial charge in [-0.3, -0.25) is 4.79 Å². The predicted molar refractivity (Wildman–Crippen MR) is 90.3 cm³/mol. The van der Waals surface area contributed by atoms with Crippen molar-refractivity contribution in [3.05, 3.63) is 59.7 Å². The molecule has 0 aliphatic carbocycles. The summed E-state index contributed by atoms with van der Waals surface area (Å²) in [7, 11) is 1.63. The van der Waals surface area contributed by atoms with Gasteiger partial charge in [-0.15, -0.1) is 0 Å². The summed E-state index contributed by atoms with van der Waals surface area (Å²) in [6.07, 6.45) is 0.643. The van der Waals surface area contributed by atoms with Gasteiger partial charge in [-0.05, 0) is 23.8 Å². The van der Waals surface area contributed by atoms with Crippen molar-refractivity contribution in [2.45, 2.75) is 19.4 Å². The van der Waals surface area contributed by atoms with E-state index in [2.05, 4.69) is 5.10 Å². The number of para-hydroxylation sites is 1. The van der Waals surface area contributed by atoms with E-state index in [0.29, 0.717) is 12.1 Å². The molecule has 23 heavy (non-hydrogen) atoms. The minimum atomic E-state index is -0.156. The second kappa shape index (κ2) is 6.12. The number of methoxy groups -OCH3 is 1. The Morgan fingerprint density at radius 2 is 1.91 bits per heavy atom. The Hall–Kier alpha value is -2.82. The molecule has 118 valence electrons. The van der Waals surface area contributed by atoms with Crippen molar-refractivity contribution in [3.8, 4) is 5.75 Å². The fourth-order valence-corrected chi connectivity index (χ4v) is 2.83. The highest BCUT2D eigenvalue weighted by Gasteiger charge is 2.33. The molecule has 0 spiro atoms. The Morgan fingerprint density at radius 1 is 1.22 bits per heavy atom. The number of ether oxygens (including phenoxy) is 1. The molecule has 0 aromatic heterocycles. The van der Waals surface area contributed by atoms with E-state index in [-0.39, 0.29) is 11.9 Å². The molecule has 0 saturated carbocycles. The van der Waals surface area contributed by atoms with E-state index in [1.807, 2.05) is 48.5 Å². The average Bonchev–Trinajstić information content (AvgIpc) is 3.01. The molecule has 5 nitrogen and oxygen atoms in total. The molecule has 0 saturated heterocycles. The van der Waals surface area contributed by atoms with Crippen LogP contribution in [0.1, 0.15) is 30.5 Å². The molecule has 2 aromatic carbocycles. The Kier molecular flexibility index (Phi) is 4.02. The Morgan fingerprint density at radius 3 is 2.57 bits per heavy atom. The number of hydrazone groups is 1. The third kappa shape index (κ3) is 2.90. The molecule has 1 amide bonds. The van der Waals surface area contributed by atoms with Crippen LogP contribution in [-0.2, 0) is 4.79 Å². The number of benzene rings is 2. The van der Waals surface area contributed by atoms with Gasteiger partial charge in [0.2, 0.25) is 5.91 Å². The number of anilines is 1. The molecule has 3 rings (SSSR count). The van der Waals surface area contributed by atoms with Crippen molar-refractivity contribution in [2.24, 2.45) is 5.10 Å². The lowest BCUT2D eigenvalue weighted by atomic mass is 9.97. The first-order valence-corrected chi connectivity index (χ1v) is 7.46. The van der Waals surface area contributed by atoms with Crippen LogP contribution in [-0.4, -0.2) is 23.7 Å². The summed E-state index contributed by atoms with van der Waals surface area (Å²) < 4.78 is 5.44. The van der Waals surface area contributed by atoms with Crippen molar-refractivity contribution < 1.29 is 9.53 Å². The van der Waals surface area contributed by atoms with Gasteiger partial charge in [-0.1, -0.05) is 30.3 Å². The van der Waals surface area contributed by atoms with E-state index in [4.69, 9.17) is 10.5 Å².